The maximum atomic E-state index is 10.2. The van der Waals surface area contributed by atoms with E-state index in [1.807, 2.05) is 16.8 Å². The van der Waals surface area contributed by atoms with Crippen molar-refractivity contribution >= 4 is 11.8 Å². The fourth-order valence-electron chi connectivity index (χ4n) is 4.27. The first-order valence-corrected chi connectivity index (χ1v) is 14.4. The van der Waals surface area contributed by atoms with Crippen LogP contribution in [0.4, 0.5) is 0 Å². The Hall–Kier alpha value is 0.190. The SMILES string of the molecule is CCCCCCCCCCCCCCCCCCSC[C@@H](O)CN1CCN(N)CC1. The molecule has 0 spiro atoms. The topological polar surface area (TPSA) is 52.7 Å². The van der Waals surface area contributed by atoms with Crippen LogP contribution in [-0.4, -0.2) is 65.3 Å². The second-order valence-electron chi connectivity index (χ2n) is 9.37. The van der Waals surface area contributed by atoms with E-state index in [9.17, 15) is 5.11 Å². The summed E-state index contributed by atoms with van der Waals surface area (Å²) in [6.45, 7) is 6.90. The van der Waals surface area contributed by atoms with Crippen molar-refractivity contribution in [1.29, 1.82) is 0 Å². The largest absolute Gasteiger partial charge is 0.391 e. The Labute approximate surface area is 192 Å². The first kappa shape index (κ1) is 28.2. The van der Waals surface area contributed by atoms with Crippen LogP contribution in [0, 0.1) is 0 Å². The van der Waals surface area contributed by atoms with Gasteiger partial charge in [-0.3, -0.25) is 10.7 Å². The van der Waals surface area contributed by atoms with Gasteiger partial charge >= 0.3 is 0 Å². The highest BCUT2D eigenvalue weighted by atomic mass is 32.2. The molecule has 1 rings (SSSR count). The average Bonchev–Trinajstić information content (AvgIpc) is 2.74. The molecule has 5 heteroatoms. The lowest BCUT2D eigenvalue weighted by Gasteiger charge is -2.33. The number of hydrogen-bond donors (Lipinski definition) is 2. The number of thioether (sulfide) groups is 1. The van der Waals surface area contributed by atoms with E-state index in [1.165, 1.54) is 108 Å². The molecule has 0 saturated carbocycles. The molecule has 0 aromatic rings. The normalized spacial score (nSPS) is 16.9. The van der Waals surface area contributed by atoms with Crippen molar-refractivity contribution in [2.24, 2.45) is 5.84 Å². The van der Waals surface area contributed by atoms with Gasteiger partial charge in [-0.25, -0.2) is 5.01 Å². The Morgan fingerprint density at radius 1 is 0.700 bits per heavy atom. The summed E-state index contributed by atoms with van der Waals surface area (Å²) >= 11 is 1.93. The summed E-state index contributed by atoms with van der Waals surface area (Å²) in [5, 5.41) is 12.1. The zero-order chi connectivity index (χ0) is 21.7. The first-order valence-electron chi connectivity index (χ1n) is 13.2. The molecule has 1 saturated heterocycles. The average molecular weight is 444 g/mol. The Morgan fingerprint density at radius 3 is 1.60 bits per heavy atom. The van der Waals surface area contributed by atoms with Crippen molar-refractivity contribution in [1.82, 2.24) is 9.91 Å². The number of aliphatic hydroxyl groups is 1. The number of unbranched alkanes of at least 4 members (excludes halogenated alkanes) is 15. The highest BCUT2D eigenvalue weighted by Crippen LogP contribution is 2.15. The lowest BCUT2D eigenvalue weighted by atomic mass is 10.0. The first-order chi connectivity index (χ1) is 14.7. The monoisotopic (exact) mass is 443 g/mol. The molecule has 0 aliphatic carbocycles. The van der Waals surface area contributed by atoms with Crippen LogP contribution in [0.25, 0.3) is 0 Å². The van der Waals surface area contributed by atoms with E-state index in [4.69, 9.17) is 5.84 Å². The van der Waals surface area contributed by atoms with Crippen LogP contribution in [0.5, 0.6) is 0 Å². The zero-order valence-electron chi connectivity index (χ0n) is 20.2. The highest BCUT2D eigenvalue weighted by Gasteiger charge is 2.17. The molecule has 0 amide bonds. The highest BCUT2D eigenvalue weighted by molar-refractivity contribution is 7.99. The van der Waals surface area contributed by atoms with Gasteiger partial charge in [-0.05, 0) is 12.2 Å². The van der Waals surface area contributed by atoms with Crippen molar-refractivity contribution in [3.05, 3.63) is 0 Å². The van der Waals surface area contributed by atoms with E-state index in [1.54, 1.807) is 0 Å². The number of rotatable bonds is 21. The van der Waals surface area contributed by atoms with Crippen LogP contribution in [0.2, 0.25) is 0 Å². The second kappa shape index (κ2) is 21.1. The van der Waals surface area contributed by atoms with Crippen molar-refractivity contribution in [2.75, 3.05) is 44.2 Å². The molecule has 0 unspecified atom stereocenters. The number of nitrogens with two attached hydrogens (primary N) is 1. The van der Waals surface area contributed by atoms with Gasteiger partial charge in [0.1, 0.15) is 0 Å². The van der Waals surface area contributed by atoms with Gasteiger partial charge in [-0.1, -0.05) is 103 Å². The van der Waals surface area contributed by atoms with Gasteiger partial charge in [0.05, 0.1) is 6.10 Å². The Kier molecular flexibility index (Phi) is 19.8. The molecule has 4 nitrogen and oxygen atoms in total. The fourth-order valence-corrected chi connectivity index (χ4v) is 5.22. The number of β-amino-alcohol motifs (C(OH)–C–C–N with tert-alkyl or cyclic N) is 1. The predicted octanol–water partition coefficient (Wildman–Crippen LogP) is 5.83. The van der Waals surface area contributed by atoms with Gasteiger partial charge in [0, 0.05) is 38.5 Å². The van der Waals surface area contributed by atoms with Crippen LogP contribution in [0.1, 0.15) is 110 Å². The van der Waals surface area contributed by atoms with Gasteiger partial charge < -0.3 is 5.11 Å². The molecular formula is C25H53N3OS. The van der Waals surface area contributed by atoms with Gasteiger partial charge in [-0.15, -0.1) is 0 Å². The summed E-state index contributed by atoms with van der Waals surface area (Å²) in [7, 11) is 0. The Morgan fingerprint density at radius 2 is 1.13 bits per heavy atom. The smallest absolute Gasteiger partial charge is 0.0757 e. The van der Waals surface area contributed by atoms with Crippen molar-refractivity contribution in [3.63, 3.8) is 0 Å². The summed E-state index contributed by atoms with van der Waals surface area (Å²) in [5.41, 5.74) is 0. The van der Waals surface area contributed by atoms with Crippen LogP contribution < -0.4 is 5.84 Å². The van der Waals surface area contributed by atoms with E-state index in [0.29, 0.717) is 0 Å². The standard InChI is InChI=1S/C25H53N3OS/c1-2-3-4-5-6-7-8-9-10-11-12-13-14-15-16-17-22-30-24-25(29)23-27-18-20-28(26)21-19-27/h25,29H,2-24,26H2,1H3/t25-/m0/s1. The predicted molar refractivity (Wildman–Crippen MR) is 135 cm³/mol. The fraction of sp³-hybridized carbons (Fsp3) is 1.00. The zero-order valence-corrected chi connectivity index (χ0v) is 21.0. The van der Waals surface area contributed by atoms with Crippen molar-refractivity contribution in [3.8, 4) is 0 Å². The molecule has 0 aromatic heterocycles. The summed E-state index contributed by atoms with van der Waals surface area (Å²) in [5.74, 6) is 7.85. The molecular weight excluding hydrogens is 390 g/mol. The Bertz CT molecular complexity index is 351. The number of hydrogen-bond acceptors (Lipinski definition) is 5. The lowest BCUT2D eigenvalue weighted by molar-refractivity contribution is 0.0829. The number of hydrazine groups is 1. The summed E-state index contributed by atoms with van der Waals surface area (Å²) in [6.07, 6.45) is 22.6. The minimum atomic E-state index is -0.194. The second-order valence-corrected chi connectivity index (χ2v) is 10.5. The van der Waals surface area contributed by atoms with E-state index in [0.717, 1.165) is 38.5 Å². The van der Waals surface area contributed by atoms with Gasteiger partial charge in [0.15, 0.2) is 0 Å². The van der Waals surface area contributed by atoms with E-state index < -0.39 is 0 Å². The Balaban J connectivity index is 1.71. The molecule has 1 aliphatic heterocycles. The van der Waals surface area contributed by atoms with Crippen LogP contribution in [0.3, 0.4) is 0 Å². The number of piperazine rings is 1. The third kappa shape index (κ3) is 17.8. The molecule has 30 heavy (non-hydrogen) atoms. The number of aliphatic hydroxyl groups excluding tert-OH is 1. The molecule has 1 atom stereocenters. The van der Waals surface area contributed by atoms with Gasteiger partial charge in [0.2, 0.25) is 0 Å². The molecule has 1 fully saturated rings. The van der Waals surface area contributed by atoms with Crippen molar-refractivity contribution in [2.45, 2.75) is 116 Å². The maximum Gasteiger partial charge on any atom is 0.0757 e. The molecule has 180 valence electrons. The van der Waals surface area contributed by atoms with Crippen LogP contribution >= 0.6 is 11.8 Å². The summed E-state index contributed by atoms with van der Waals surface area (Å²) in [6, 6.07) is 0. The maximum absolute atomic E-state index is 10.2. The van der Waals surface area contributed by atoms with Crippen LogP contribution in [0.15, 0.2) is 0 Å². The number of nitrogens with zero attached hydrogens (tertiary/aromatic N) is 2. The molecule has 3 N–H and O–H groups in total. The third-order valence-corrected chi connectivity index (χ3v) is 7.53. The minimum absolute atomic E-state index is 0.194. The van der Waals surface area contributed by atoms with Gasteiger partial charge in [0.25, 0.3) is 0 Å². The van der Waals surface area contributed by atoms with E-state index in [2.05, 4.69) is 11.8 Å². The summed E-state index contributed by atoms with van der Waals surface area (Å²) < 4.78 is 0. The summed E-state index contributed by atoms with van der Waals surface area (Å²) in [4.78, 5) is 2.34. The molecule has 0 bridgehead atoms. The lowest BCUT2D eigenvalue weighted by Crippen LogP contribution is -2.51. The van der Waals surface area contributed by atoms with E-state index >= 15 is 0 Å². The minimum Gasteiger partial charge on any atom is -0.391 e. The van der Waals surface area contributed by atoms with Crippen molar-refractivity contribution < 1.29 is 5.11 Å². The van der Waals surface area contributed by atoms with Crippen LogP contribution in [-0.2, 0) is 0 Å². The molecule has 1 heterocycles. The third-order valence-electron chi connectivity index (χ3n) is 6.33. The van der Waals surface area contributed by atoms with Gasteiger partial charge in [-0.2, -0.15) is 11.8 Å². The molecule has 0 radical (unpaired) electrons. The molecule has 0 aromatic carbocycles. The quantitative estimate of drug-likeness (QED) is 0.173. The molecule has 1 aliphatic rings. The van der Waals surface area contributed by atoms with E-state index in [-0.39, 0.29) is 6.10 Å².